The Morgan fingerprint density at radius 1 is 1.24 bits per heavy atom. The molecule has 2 rings (SSSR count). The van der Waals surface area contributed by atoms with Crippen molar-refractivity contribution in [3.63, 3.8) is 0 Å². The van der Waals surface area contributed by atoms with Crippen LogP contribution in [0.3, 0.4) is 0 Å². The van der Waals surface area contributed by atoms with E-state index in [1.807, 2.05) is 0 Å². The molecule has 1 heterocycles. The summed E-state index contributed by atoms with van der Waals surface area (Å²) >= 11 is 0. The maximum absolute atomic E-state index is 5.69. The van der Waals surface area contributed by atoms with E-state index in [4.69, 9.17) is 4.74 Å². The highest BCUT2D eigenvalue weighted by molar-refractivity contribution is 4.90. The molecule has 1 saturated heterocycles. The Balaban J connectivity index is 1.89. The fourth-order valence-electron chi connectivity index (χ4n) is 3.27. The molecule has 2 unspecified atom stereocenters. The van der Waals surface area contributed by atoms with Crippen molar-refractivity contribution in [1.29, 1.82) is 0 Å². The lowest BCUT2D eigenvalue weighted by atomic mass is 10.00. The Hall–Kier alpha value is -0.120. The molecule has 2 atom stereocenters. The van der Waals surface area contributed by atoms with Crippen molar-refractivity contribution in [2.75, 3.05) is 26.8 Å². The predicted molar refractivity (Wildman–Crippen MR) is 71.3 cm³/mol. The minimum atomic E-state index is 0.582. The number of hydrogen-bond donors (Lipinski definition) is 1. The maximum atomic E-state index is 5.69. The van der Waals surface area contributed by atoms with Crippen LogP contribution >= 0.6 is 0 Å². The predicted octanol–water partition coefficient (Wildman–Crippen LogP) is 2.02. The summed E-state index contributed by atoms with van der Waals surface area (Å²) in [6.07, 6.45) is 7.98. The summed E-state index contributed by atoms with van der Waals surface area (Å²) in [6.45, 7) is 5.21. The SMILES string of the molecule is CCCNC1CCOCC1N(C)C1CCCC1. The zero-order valence-corrected chi connectivity index (χ0v) is 11.5. The van der Waals surface area contributed by atoms with Gasteiger partial charge in [0.2, 0.25) is 0 Å². The van der Waals surface area contributed by atoms with Crippen LogP contribution in [0.25, 0.3) is 0 Å². The molecule has 17 heavy (non-hydrogen) atoms. The number of hydrogen-bond acceptors (Lipinski definition) is 3. The number of nitrogens with zero attached hydrogens (tertiary/aromatic N) is 1. The highest BCUT2D eigenvalue weighted by Gasteiger charge is 2.32. The van der Waals surface area contributed by atoms with E-state index in [-0.39, 0.29) is 0 Å². The highest BCUT2D eigenvalue weighted by Crippen LogP contribution is 2.26. The van der Waals surface area contributed by atoms with Gasteiger partial charge in [-0.25, -0.2) is 0 Å². The van der Waals surface area contributed by atoms with Crippen LogP contribution < -0.4 is 5.32 Å². The van der Waals surface area contributed by atoms with E-state index in [1.54, 1.807) is 0 Å². The highest BCUT2D eigenvalue weighted by atomic mass is 16.5. The Bertz CT molecular complexity index is 216. The first kappa shape index (κ1) is 13.3. The fraction of sp³-hybridized carbons (Fsp3) is 1.00. The lowest BCUT2D eigenvalue weighted by Crippen LogP contribution is -2.56. The molecule has 1 aliphatic carbocycles. The minimum Gasteiger partial charge on any atom is -0.380 e. The number of likely N-dealkylation sites (N-methyl/N-ethyl adjacent to an activating group) is 1. The van der Waals surface area contributed by atoms with Crippen LogP contribution in [0.2, 0.25) is 0 Å². The Morgan fingerprint density at radius 3 is 2.71 bits per heavy atom. The van der Waals surface area contributed by atoms with Crippen LogP contribution in [0, 0.1) is 0 Å². The summed E-state index contributed by atoms with van der Waals surface area (Å²) in [7, 11) is 2.30. The van der Waals surface area contributed by atoms with Crippen LogP contribution in [0.4, 0.5) is 0 Å². The van der Waals surface area contributed by atoms with Gasteiger partial charge in [-0.2, -0.15) is 0 Å². The molecule has 0 spiro atoms. The van der Waals surface area contributed by atoms with Crippen molar-refractivity contribution >= 4 is 0 Å². The third-order valence-electron chi connectivity index (χ3n) is 4.41. The normalized spacial score (nSPS) is 31.2. The van der Waals surface area contributed by atoms with E-state index in [2.05, 4.69) is 24.2 Å². The molecule has 3 heteroatoms. The molecule has 100 valence electrons. The number of rotatable bonds is 5. The molecule has 0 aromatic carbocycles. The summed E-state index contributed by atoms with van der Waals surface area (Å²) in [5.41, 5.74) is 0. The fourth-order valence-corrected chi connectivity index (χ4v) is 3.27. The summed E-state index contributed by atoms with van der Waals surface area (Å²) in [6, 6.07) is 2.01. The second-order valence-corrected chi connectivity index (χ2v) is 5.60. The summed E-state index contributed by atoms with van der Waals surface area (Å²) in [4.78, 5) is 2.60. The van der Waals surface area contributed by atoms with Crippen molar-refractivity contribution in [2.45, 2.75) is 63.6 Å². The molecule has 0 aromatic heterocycles. The average molecular weight is 240 g/mol. The summed E-state index contributed by atoms with van der Waals surface area (Å²) < 4.78 is 5.69. The smallest absolute Gasteiger partial charge is 0.0637 e. The molecule has 2 aliphatic rings. The van der Waals surface area contributed by atoms with Crippen molar-refractivity contribution in [3.8, 4) is 0 Å². The van der Waals surface area contributed by atoms with Gasteiger partial charge in [0.1, 0.15) is 0 Å². The van der Waals surface area contributed by atoms with E-state index in [0.717, 1.165) is 25.8 Å². The van der Waals surface area contributed by atoms with E-state index < -0.39 is 0 Å². The van der Waals surface area contributed by atoms with Crippen molar-refractivity contribution in [1.82, 2.24) is 10.2 Å². The van der Waals surface area contributed by atoms with E-state index in [1.165, 1.54) is 38.5 Å². The molecule has 0 amide bonds. The van der Waals surface area contributed by atoms with Gasteiger partial charge < -0.3 is 10.1 Å². The molecule has 0 radical (unpaired) electrons. The Labute approximate surface area is 106 Å². The lowest BCUT2D eigenvalue weighted by molar-refractivity contribution is -0.00754. The first-order chi connectivity index (χ1) is 8.33. The zero-order valence-electron chi connectivity index (χ0n) is 11.5. The van der Waals surface area contributed by atoms with Gasteiger partial charge in [-0.3, -0.25) is 4.90 Å². The van der Waals surface area contributed by atoms with Gasteiger partial charge in [-0.15, -0.1) is 0 Å². The minimum absolute atomic E-state index is 0.582. The molecule has 1 saturated carbocycles. The summed E-state index contributed by atoms with van der Waals surface area (Å²) in [5.74, 6) is 0. The molecule has 0 aromatic rings. The van der Waals surface area contributed by atoms with Crippen molar-refractivity contribution < 1.29 is 4.74 Å². The molecule has 1 aliphatic heterocycles. The van der Waals surface area contributed by atoms with E-state index in [0.29, 0.717) is 12.1 Å². The van der Waals surface area contributed by atoms with Crippen LogP contribution in [0.1, 0.15) is 45.4 Å². The third-order valence-corrected chi connectivity index (χ3v) is 4.41. The van der Waals surface area contributed by atoms with Crippen LogP contribution in [-0.2, 0) is 4.74 Å². The second kappa shape index (κ2) is 6.72. The van der Waals surface area contributed by atoms with Gasteiger partial charge in [0.25, 0.3) is 0 Å². The number of ether oxygens (including phenoxy) is 1. The molecular formula is C14H28N2O. The van der Waals surface area contributed by atoms with Gasteiger partial charge in [-0.1, -0.05) is 19.8 Å². The van der Waals surface area contributed by atoms with E-state index in [9.17, 15) is 0 Å². The van der Waals surface area contributed by atoms with Gasteiger partial charge in [0.15, 0.2) is 0 Å². The number of nitrogens with one attached hydrogen (secondary N) is 1. The van der Waals surface area contributed by atoms with Crippen LogP contribution in [0.5, 0.6) is 0 Å². The zero-order chi connectivity index (χ0) is 12.1. The third kappa shape index (κ3) is 3.43. The van der Waals surface area contributed by atoms with Crippen molar-refractivity contribution in [2.24, 2.45) is 0 Å². The second-order valence-electron chi connectivity index (χ2n) is 5.60. The quantitative estimate of drug-likeness (QED) is 0.795. The summed E-state index contributed by atoms with van der Waals surface area (Å²) in [5, 5.41) is 3.70. The van der Waals surface area contributed by atoms with Crippen LogP contribution in [-0.4, -0.2) is 49.8 Å². The van der Waals surface area contributed by atoms with Crippen molar-refractivity contribution in [3.05, 3.63) is 0 Å². The van der Waals surface area contributed by atoms with Gasteiger partial charge >= 0.3 is 0 Å². The van der Waals surface area contributed by atoms with Gasteiger partial charge in [-0.05, 0) is 39.3 Å². The standard InChI is InChI=1S/C14H28N2O/c1-3-9-15-13-8-10-17-11-14(13)16(2)12-6-4-5-7-12/h12-15H,3-11H2,1-2H3. The molecular weight excluding hydrogens is 212 g/mol. The monoisotopic (exact) mass is 240 g/mol. The Morgan fingerprint density at radius 2 is 2.00 bits per heavy atom. The lowest BCUT2D eigenvalue weighted by Gasteiger charge is -2.41. The molecule has 1 N–H and O–H groups in total. The van der Waals surface area contributed by atoms with E-state index >= 15 is 0 Å². The van der Waals surface area contributed by atoms with Gasteiger partial charge in [0, 0.05) is 24.7 Å². The van der Waals surface area contributed by atoms with Gasteiger partial charge in [0.05, 0.1) is 6.61 Å². The Kier molecular flexibility index (Phi) is 5.26. The average Bonchev–Trinajstić information content (AvgIpc) is 2.89. The first-order valence-corrected chi connectivity index (χ1v) is 7.36. The largest absolute Gasteiger partial charge is 0.380 e. The molecule has 2 fully saturated rings. The first-order valence-electron chi connectivity index (χ1n) is 7.36. The molecule has 3 nitrogen and oxygen atoms in total. The van der Waals surface area contributed by atoms with Crippen LogP contribution in [0.15, 0.2) is 0 Å². The maximum Gasteiger partial charge on any atom is 0.0637 e. The topological polar surface area (TPSA) is 24.5 Å². The molecule has 0 bridgehead atoms.